The zero-order valence-electron chi connectivity index (χ0n) is 17.4. The molecule has 0 aliphatic carbocycles. The Kier molecular flexibility index (Phi) is 6.51. The van der Waals surface area contributed by atoms with Crippen LogP contribution in [0.1, 0.15) is 33.6 Å². The number of esters is 1. The maximum absolute atomic E-state index is 13.2. The Labute approximate surface area is 189 Å². The van der Waals surface area contributed by atoms with Gasteiger partial charge in [0.1, 0.15) is 5.03 Å². The van der Waals surface area contributed by atoms with Crippen LogP contribution in [0.3, 0.4) is 0 Å². The molecule has 162 valence electrons. The number of aromatic nitrogens is 1. The molecule has 0 atom stereocenters. The van der Waals surface area contributed by atoms with Crippen LogP contribution in [0.25, 0.3) is 0 Å². The second-order valence-corrected chi connectivity index (χ2v) is 8.10. The molecule has 0 saturated carbocycles. The van der Waals surface area contributed by atoms with Crippen molar-refractivity contribution in [3.8, 4) is 0 Å². The molecule has 0 radical (unpaired) electrons. The second kappa shape index (κ2) is 9.65. The number of carbonyl (C=O) groups excluding carboxylic acids is 3. The average Bonchev–Trinajstić information content (AvgIpc) is 2.93. The standard InChI is InChI=1S/C24H21N3O4S/c1-31-24(30)16-8-2-3-10-18(16)26-21(28)13-7-15-27-19-11-4-5-12-20(19)32-22-17(23(27)29)9-6-14-25-22/h2-6,8-12,14H,7,13,15H2,1H3,(H,26,28). The van der Waals surface area contributed by atoms with E-state index in [0.29, 0.717) is 34.8 Å². The number of anilines is 2. The van der Waals surface area contributed by atoms with Gasteiger partial charge in [0.25, 0.3) is 5.91 Å². The van der Waals surface area contributed by atoms with Crippen LogP contribution in [0, 0.1) is 0 Å². The molecule has 8 heteroatoms. The van der Waals surface area contributed by atoms with Crippen LogP contribution in [0.4, 0.5) is 11.4 Å². The van der Waals surface area contributed by atoms with E-state index in [4.69, 9.17) is 4.74 Å². The Hall–Kier alpha value is -3.65. The molecule has 0 bridgehead atoms. The van der Waals surface area contributed by atoms with Gasteiger partial charge in [0, 0.05) is 24.1 Å². The van der Waals surface area contributed by atoms with Crippen LogP contribution in [0.5, 0.6) is 0 Å². The van der Waals surface area contributed by atoms with E-state index in [1.54, 1.807) is 47.5 Å². The van der Waals surface area contributed by atoms with Crippen LogP contribution in [0.15, 0.2) is 76.8 Å². The first-order valence-electron chi connectivity index (χ1n) is 10.1. The van der Waals surface area contributed by atoms with Crippen molar-refractivity contribution in [1.82, 2.24) is 4.98 Å². The number of nitrogens with zero attached hydrogens (tertiary/aromatic N) is 2. The predicted octanol–water partition coefficient (Wildman–Crippen LogP) is 4.40. The van der Waals surface area contributed by atoms with Crippen LogP contribution in [-0.2, 0) is 9.53 Å². The highest BCUT2D eigenvalue weighted by atomic mass is 32.2. The molecule has 1 N–H and O–H groups in total. The number of hydrogen-bond acceptors (Lipinski definition) is 6. The first kappa shape index (κ1) is 21.6. The molecule has 2 aromatic carbocycles. The Morgan fingerprint density at radius 3 is 2.69 bits per heavy atom. The highest BCUT2D eigenvalue weighted by Gasteiger charge is 2.27. The van der Waals surface area contributed by atoms with Crippen LogP contribution in [0.2, 0.25) is 0 Å². The highest BCUT2D eigenvalue weighted by Crippen LogP contribution is 2.40. The summed E-state index contributed by atoms with van der Waals surface area (Å²) in [4.78, 5) is 44.7. The van der Waals surface area contributed by atoms with Crippen molar-refractivity contribution in [3.05, 3.63) is 78.0 Å². The van der Waals surface area contributed by atoms with Crippen molar-refractivity contribution >= 4 is 40.9 Å². The fraction of sp³-hybridized carbons (Fsp3) is 0.167. The SMILES string of the molecule is COC(=O)c1ccccc1NC(=O)CCCN1C(=O)c2cccnc2Sc2ccccc21. The van der Waals surface area contributed by atoms with Crippen LogP contribution in [-0.4, -0.2) is 36.4 Å². The zero-order valence-corrected chi connectivity index (χ0v) is 18.2. The summed E-state index contributed by atoms with van der Waals surface area (Å²) in [6, 6.07) is 17.9. The lowest BCUT2D eigenvalue weighted by molar-refractivity contribution is -0.116. The van der Waals surface area contributed by atoms with Gasteiger partial charge in [-0.2, -0.15) is 0 Å². The second-order valence-electron chi connectivity index (χ2n) is 7.07. The molecule has 7 nitrogen and oxygen atoms in total. The minimum atomic E-state index is -0.516. The molecule has 32 heavy (non-hydrogen) atoms. The van der Waals surface area contributed by atoms with E-state index >= 15 is 0 Å². The molecule has 0 saturated heterocycles. The lowest BCUT2D eigenvalue weighted by Gasteiger charge is -2.22. The van der Waals surface area contributed by atoms with Gasteiger partial charge < -0.3 is 15.0 Å². The molecular weight excluding hydrogens is 426 g/mol. The molecule has 1 aliphatic heterocycles. The fourth-order valence-corrected chi connectivity index (χ4v) is 4.49. The summed E-state index contributed by atoms with van der Waals surface area (Å²) in [5, 5.41) is 3.44. The van der Waals surface area contributed by atoms with Crippen molar-refractivity contribution in [2.24, 2.45) is 0 Å². The summed E-state index contributed by atoms with van der Waals surface area (Å²) in [5.41, 5.74) is 2.04. The van der Waals surface area contributed by atoms with Gasteiger partial charge in [-0.1, -0.05) is 36.0 Å². The van der Waals surface area contributed by atoms with Crippen molar-refractivity contribution in [2.75, 3.05) is 23.9 Å². The summed E-state index contributed by atoms with van der Waals surface area (Å²) in [6.45, 7) is 0.372. The monoisotopic (exact) mass is 447 g/mol. The van der Waals surface area contributed by atoms with E-state index in [1.165, 1.54) is 18.9 Å². The molecule has 0 unspecified atom stereocenters. The number of rotatable bonds is 6. The van der Waals surface area contributed by atoms with E-state index in [2.05, 4.69) is 10.3 Å². The van der Waals surface area contributed by atoms with Gasteiger partial charge in [0.2, 0.25) is 5.91 Å². The largest absolute Gasteiger partial charge is 0.465 e. The summed E-state index contributed by atoms with van der Waals surface area (Å²) in [5.74, 6) is -0.896. The van der Waals surface area contributed by atoms with Gasteiger partial charge in [0.15, 0.2) is 0 Å². The number of nitrogens with one attached hydrogen (secondary N) is 1. The lowest BCUT2D eigenvalue weighted by atomic mass is 10.1. The van der Waals surface area contributed by atoms with Gasteiger partial charge in [-0.15, -0.1) is 0 Å². The van der Waals surface area contributed by atoms with E-state index in [0.717, 1.165) is 10.6 Å². The van der Waals surface area contributed by atoms with Gasteiger partial charge >= 0.3 is 5.97 Å². The number of pyridine rings is 1. The normalized spacial score (nSPS) is 12.4. The molecule has 0 spiro atoms. The minimum absolute atomic E-state index is 0.137. The van der Waals surface area contributed by atoms with E-state index < -0.39 is 5.97 Å². The Balaban J connectivity index is 1.46. The Morgan fingerprint density at radius 2 is 1.84 bits per heavy atom. The van der Waals surface area contributed by atoms with E-state index in [-0.39, 0.29) is 18.2 Å². The maximum atomic E-state index is 13.2. The number of benzene rings is 2. The quantitative estimate of drug-likeness (QED) is 0.564. The van der Waals surface area contributed by atoms with E-state index in [1.807, 2.05) is 24.3 Å². The molecule has 1 aromatic heterocycles. The average molecular weight is 448 g/mol. The van der Waals surface area contributed by atoms with Crippen molar-refractivity contribution in [1.29, 1.82) is 0 Å². The molecular formula is C24H21N3O4S. The van der Waals surface area contributed by atoms with Crippen molar-refractivity contribution in [3.63, 3.8) is 0 Å². The maximum Gasteiger partial charge on any atom is 0.339 e. The summed E-state index contributed by atoms with van der Waals surface area (Å²) < 4.78 is 4.76. The molecule has 2 heterocycles. The van der Waals surface area contributed by atoms with Crippen molar-refractivity contribution in [2.45, 2.75) is 22.8 Å². The Morgan fingerprint density at radius 1 is 1.06 bits per heavy atom. The smallest absolute Gasteiger partial charge is 0.339 e. The predicted molar refractivity (Wildman–Crippen MR) is 122 cm³/mol. The third kappa shape index (κ3) is 4.50. The number of fused-ring (bicyclic) bond motifs is 2. The van der Waals surface area contributed by atoms with Gasteiger partial charge in [-0.25, -0.2) is 9.78 Å². The first-order chi connectivity index (χ1) is 15.6. The fourth-order valence-electron chi connectivity index (χ4n) is 3.47. The van der Waals surface area contributed by atoms with Crippen LogP contribution < -0.4 is 10.2 Å². The third-order valence-electron chi connectivity index (χ3n) is 5.00. The van der Waals surface area contributed by atoms with Crippen molar-refractivity contribution < 1.29 is 19.1 Å². The summed E-state index contributed by atoms with van der Waals surface area (Å²) in [6.07, 6.45) is 2.31. The van der Waals surface area contributed by atoms with Crippen LogP contribution >= 0.6 is 11.8 Å². The molecule has 1 aliphatic rings. The molecule has 4 rings (SSSR count). The minimum Gasteiger partial charge on any atom is -0.465 e. The first-order valence-corrected chi connectivity index (χ1v) is 10.9. The number of ether oxygens (including phenoxy) is 1. The van der Waals surface area contributed by atoms with E-state index in [9.17, 15) is 14.4 Å². The van der Waals surface area contributed by atoms with Gasteiger partial charge in [-0.05, 0) is 42.8 Å². The number of carbonyl (C=O) groups is 3. The van der Waals surface area contributed by atoms with Gasteiger partial charge in [-0.3, -0.25) is 9.59 Å². The molecule has 3 aromatic rings. The Bertz CT molecular complexity index is 1180. The third-order valence-corrected chi connectivity index (χ3v) is 6.09. The van der Waals surface area contributed by atoms with Gasteiger partial charge in [0.05, 0.1) is 29.6 Å². The number of para-hydroxylation sites is 2. The number of amides is 2. The molecule has 0 fully saturated rings. The lowest BCUT2D eigenvalue weighted by Crippen LogP contribution is -2.32. The zero-order chi connectivity index (χ0) is 22.5. The summed E-state index contributed by atoms with van der Waals surface area (Å²) in [7, 11) is 1.29. The summed E-state index contributed by atoms with van der Waals surface area (Å²) >= 11 is 1.46. The highest BCUT2D eigenvalue weighted by molar-refractivity contribution is 7.99. The number of hydrogen-bond donors (Lipinski definition) is 1. The molecule has 2 amide bonds. The topological polar surface area (TPSA) is 88.6 Å². The number of methoxy groups -OCH3 is 1.